The predicted molar refractivity (Wildman–Crippen MR) is 65.3 cm³/mol. The minimum atomic E-state index is -0.412. The molecule has 2 atom stereocenters. The van der Waals surface area contributed by atoms with Crippen LogP contribution < -0.4 is 5.32 Å². The molecule has 0 saturated carbocycles. The molecule has 1 rings (SSSR count). The monoisotopic (exact) mass is 291 g/mol. The van der Waals surface area contributed by atoms with Gasteiger partial charge in [0.1, 0.15) is 5.76 Å². The quantitative estimate of drug-likeness (QED) is 0.808. The number of rotatable bonds is 7. The van der Waals surface area contributed by atoms with E-state index in [1.165, 1.54) is 0 Å². The van der Waals surface area contributed by atoms with Crippen LogP contribution in [0.1, 0.15) is 25.1 Å². The first-order valence-corrected chi connectivity index (χ1v) is 6.07. The van der Waals surface area contributed by atoms with Crippen LogP contribution >= 0.6 is 15.9 Å². The second kappa shape index (κ2) is 7.06. The maximum Gasteiger partial charge on any atom is 0.134 e. The lowest BCUT2D eigenvalue weighted by Crippen LogP contribution is -2.25. The van der Waals surface area contributed by atoms with E-state index in [9.17, 15) is 5.11 Å². The van der Waals surface area contributed by atoms with E-state index in [1.807, 2.05) is 13.0 Å². The number of nitrogens with one attached hydrogen (secondary N) is 1. The number of furan rings is 1. The van der Waals surface area contributed by atoms with E-state index in [0.717, 1.165) is 16.8 Å². The predicted octanol–water partition coefficient (Wildman–Crippen LogP) is 2.09. The Hall–Kier alpha value is -0.360. The van der Waals surface area contributed by atoms with Crippen LogP contribution in [0.5, 0.6) is 0 Å². The molecule has 0 aliphatic carbocycles. The molecule has 1 aromatic rings. The van der Waals surface area contributed by atoms with Gasteiger partial charge in [-0.3, -0.25) is 0 Å². The lowest BCUT2D eigenvalue weighted by atomic mass is 10.2. The molecule has 92 valence electrons. The van der Waals surface area contributed by atoms with Crippen LogP contribution in [0.3, 0.4) is 0 Å². The van der Waals surface area contributed by atoms with Gasteiger partial charge in [0.05, 0.1) is 29.5 Å². The van der Waals surface area contributed by atoms with Crippen molar-refractivity contribution in [3.8, 4) is 0 Å². The molecule has 0 bridgehead atoms. The Morgan fingerprint density at radius 3 is 2.94 bits per heavy atom. The second-order valence-corrected chi connectivity index (χ2v) is 4.56. The van der Waals surface area contributed by atoms with Crippen LogP contribution in [0.4, 0.5) is 0 Å². The van der Waals surface area contributed by atoms with Gasteiger partial charge in [0.2, 0.25) is 0 Å². The highest BCUT2D eigenvalue weighted by Gasteiger charge is 2.12. The van der Waals surface area contributed by atoms with Gasteiger partial charge in [0.25, 0.3) is 0 Å². The fourth-order valence-corrected chi connectivity index (χ4v) is 1.99. The molecule has 0 aliphatic heterocycles. The third kappa shape index (κ3) is 4.25. The molecular formula is C11H18BrNO3. The Morgan fingerprint density at radius 1 is 1.62 bits per heavy atom. The third-order valence-corrected chi connectivity index (χ3v) is 2.98. The van der Waals surface area contributed by atoms with Crippen LogP contribution in [0.25, 0.3) is 0 Å². The largest absolute Gasteiger partial charge is 0.466 e. The first-order valence-electron chi connectivity index (χ1n) is 5.28. The summed E-state index contributed by atoms with van der Waals surface area (Å²) < 4.78 is 11.1. The van der Waals surface area contributed by atoms with E-state index in [-0.39, 0.29) is 6.04 Å². The van der Waals surface area contributed by atoms with Gasteiger partial charge in [0.15, 0.2) is 0 Å². The van der Waals surface area contributed by atoms with Crippen molar-refractivity contribution in [2.45, 2.75) is 25.5 Å². The van der Waals surface area contributed by atoms with E-state index in [2.05, 4.69) is 21.2 Å². The molecule has 0 radical (unpaired) electrons. The van der Waals surface area contributed by atoms with Crippen molar-refractivity contribution in [2.24, 2.45) is 0 Å². The zero-order valence-electron chi connectivity index (χ0n) is 9.57. The van der Waals surface area contributed by atoms with Gasteiger partial charge >= 0.3 is 0 Å². The van der Waals surface area contributed by atoms with Crippen LogP contribution in [-0.4, -0.2) is 31.5 Å². The molecule has 0 saturated heterocycles. The third-order valence-electron chi connectivity index (χ3n) is 2.33. The average Bonchev–Trinajstić information content (AvgIpc) is 2.64. The van der Waals surface area contributed by atoms with Crippen molar-refractivity contribution in [3.05, 3.63) is 22.6 Å². The van der Waals surface area contributed by atoms with Gasteiger partial charge in [-0.1, -0.05) is 0 Å². The van der Waals surface area contributed by atoms with Gasteiger partial charge in [-0.2, -0.15) is 0 Å². The van der Waals surface area contributed by atoms with E-state index < -0.39 is 6.10 Å². The molecule has 0 amide bonds. The summed E-state index contributed by atoms with van der Waals surface area (Å²) in [7, 11) is 1.58. The van der Waals surface area contributed by atoms with Crippen LogP contribution in [0.2, 0.25) is 0 Å². The van der Waals surface area contributed by atoms with E-state index in [4.69, 9.17) is 9.15 Å². The summed E-state index contributed by atoms with van der Waals surface area (Å²) in [5, 5.41) is 12.7. The van der Waals surface area contributed by atoms with Gasteiger partial charge in [0, 0.05) is 7.11 Å². The molecule has 5 heteroatoms. The second-order valence-electron chi connectivity index (χ2n) is 3.71. The summed E-state index contributed by atoms with van der Waals surface area (Å²) in [6.45, 7) is 3.12. The zero-order chi connectivity index (χ0) is 12.0. The molecule has 4 nitrogen and oxygen atoms in total. The first-order chi connectivity index (χ1) is 7.65. The van der Waals surface area contributed by atoms with Crippen LogP contribution in [0, 0.1) is 0 Å². The molecule has 0 spiro atoms. The first kappa shape index (κ1) is 13.7. The minimum absolute atomic E-state index is 0.124. The van der Waals surface area contributed by atoms with Crippen molar-refractivity contribution >= 4 is 15.9 Å². The highest BCUT2D eigenvalue weighted by atomic mass is 79.9. The molecule has 2 N–H and O–H groups in total. The molecule has 16 heavy (non-hydrogen) atoms. The smallest absolute Gasteiger partial charge is 0.134 e. The van der Waals surface area contributed by atoms with Gasteiger partial charge in [-0.15, -0.1) is 0 Å². The van der Waals surface area contributed by atoms with E-state index >= 15 is 0 Å². The molecule has 0 aliphatic rings. The Labute approximate surface area is 104 Å². The summed E-state index contributed by atoms with van der Waals surface area (Å²) in [6, 6.07) is 1.99. The van der Waals surface area contributed by atoms with Crippen LogP contribution in [0.15, 0.2) is 21.2 Å². The Bertz CT molecular complexity index is 303. The van der Waals surface area contributed by atoms with E-state index in [0.29, 0.717) is 13.0 Å². The van der Waals surface area contributed by atoms with Crippen molar-refractivity contribution in [1.29, 1.82) is 0 Å². The number of ether oxygens (including phenoxy) is 1. The number of hydrogen-bond acceptors (Lipinski definition) is 4. The number of hydrogen-bond donors (Lipinski definition) is 2. The van der Waals surface area contributed by atoms with Gasteiger partial charge < -0.3 is 19.6 Å². The van der Waals surface area contributed by atoms with Crippen molar-refractivity contribution in [1.82, 2.24) is 5.32 Å². The maximum absolute atomic E-state index is 9.45. The fraction of sp³-hybridized carbons (Fsp3) is 0.636. The SMILES string of the molecule is COCC(O)CCNC(C)c1occc1Br. The number of aliphatic hydroxyl groups excluding tert-OH is 1. The number of halogens is 1. The fourth-order valence-electron chi connectivity index (χ4n) is 1.45. The molecule has 1 aromatic heterocycles. The zero-order valence-corrected chi connectivity index (χ0v) is 11.2. The minimum Gasteiger partial charge on any atom is -0.466 e. The Balaban J connectivity index is 2.25. The molecule has 0 aromatic carbocycles. The lowest BCUT2D eigenvalue weighted by Gasteiger charge is -2.14. The van der Waals surface area contributed by atoms with Gasteiger partial charge in [-0.25, -0.2) is 0 Å². The highest BCUT2D eigenvalue weighted by molar-refractivity contribution is 9.10. The lowest BCUT2D eigenvalue weighted by molar-refractivity contribution is 0.0589. The van der Waals surface area contributed by atoms with Crippen molar-refractivity contribution in [3.63, 3.8) is 0 Å². The Morgan fingerprint density at radius 2 is 2.38 bits per heavy atom. The van der Waals surface area contributed by atoms with Crippen molar-refractivity contribution < 1.29 is 14.3 Å². The summed E-state index contributed by atoms with van der Waals surface area (Å²) in [5.41, 5.74) is 0. The topological polar surface area (TPSA) is 54.6 Å². The summed E-state index contributed by atoms with van der Waals surface area (Å²) in [5.74, 6) is 0.876. The molecule has 0 fully saturated rings. The summed E-state index contributed by atoms with van der Waals surface area (Å²) in [4.78, 5) is 0. The molecule has 2 unspecified atom stereocenters. The van der Waals surface area contributed by atoms with Crippen LogP contribution in [-0.2, 0) is 4.74 Å². The normalized spacial score (nSPS) is 15.0. The summed E-state index contributed by atoms with van der Waals surface area (Å²) >= 11 is 3.41. The van der Waals surface area contributed by atoms with Crippen molar-refractivity contribution in [2.75, 3.05) is 20.3 Å². The molecule has 1 heterocycles. The molecular weight excluding hydrogens is 274 g/mol. The number of aliphatic hydroxyl groups is 1. The number of methoxy groups -OCH3 is 1. The average molecular weight is 292 g/mol. The van der Waals surface area contributed by atoms with Gasteiger partial charge in [-0.05, 0) is 41.9 Å². The highest BCUT2D eigenvalue weighted by Crippen LogP contribution is 2.23. The maximum atomic E-state index is 9.45. The standard InChI is InChI=1S/C11H18BrNO3/c1-8(11-10(12)4-6-16-11)13-5-3-9(14)7-15-2/h4,6,8-9,13-14H,3,5,7H2,1-2H3. The summed E-state index contributed by atoms with van der Waals surface area (Å²) in [6.07, 6.45) is 1.90. The Kier molecular flexibility index (Phi) is 6.05. The van der Waals surface area contributed by atoms with E-state index in [1.54, 1.807) is 13.4 Å².